The van der Waals surface area contributed by atoms with Gasteiger partial charge in [0.05, 0.1) is 7.11 Å². The number of aromatic hydroxyl groups is 2. The average Bonchev–Trinajstić information content (AvgIpc) is 2.62. The summed E-state index contributed by atoms with van der Waals surface area (Å²) in [5.74, 6) is -2.36. The Balaban J connectivity index is 2.39. The number of phenolic OH excluding ortho intramolecular Hbond substituents is 1. The molecule has 150 valence electrons. The maximum atomic E-state index is 12.6. The zero-order valence-corrected chi connectivity index (χ0v) is 16.1. The summed E-state index contributed by atoms with van der Waals surface area (Å²) < 4.78 is 10.5. The van der Waals surface area contributed by atoms with Gasteiger partial charge in [-0.15, -0.1) is 0 Å². The highest BCUT2D eigenvalue weighted by atomic mass is 16.5. The number of aryl methyl sites for hydroxylation is 2. The van der Waals surface area contributed by atoms with Crippen molar-refractivity contribution >= 4 is 11.9 Å². The zero-order valence-electron chi connectivity index (χ0n) is 16.1. The molecule has 7 nitrogen and oxygen atoms in total. The van der Waals surface area contributed by atoms with E-state index < -0.39 is 17.7 Å². The molecule has 0 fully saturated rings. The van der Waals surface area contributed by atoms with Gasteiger partial charge in [-0.1, -0.05) is 26.7 Å². The number of phenols is 2. The highest BCUT2D eigenvalue weighted by Gasteiger charge is 2.21. The van der Waals surface area contributed by atoms with Crippen molar-refractivity contribution in [3.8, 4) is 23.0 Å². The molecule has 0 spiro atoms. The fourth-order valence-corrected chi connectivity index (χ4v) is 3.02. The number of ether oxygens (including phenoxy) is 2. The third kappa shape index (κ3) is 4.54. The van der Waals surface area contributed by atoms with E-state index in [1.807, 2.05) is 13.8 Å². The van der Waals surface area contributed by atoms with Crippen LogP contribution in [-0.2, 0) is 12.8 Å². The largest absolute Gasteiger partial charge is 0.507 e. The molecule has 0 bridgehead atoms. The van der Waals surface area contributed by atoms with Crippen LogP contribution in [0.2, 0.25) is 0 Å². The van der Waals surface area contributed by atoms with Crippen LogP contribution in [0.15, 0.2) is 24.3 Å². The van der Waals surface area contributed by atoms with Gasteiger partial charge in [-0.3, -0.25) is 0 Å². The quantitative estimate of drug-likeness (QED) is 0.464. The molecule has 0 aliphatic rings. The normalized spacial score (nSPS) is 10.5. The maximum Gasteiger partial charge on any atom is 0.347 e. The van der Waals surface area contributed by atoms with E-state index in [9.17, 15) is 24.9 Å². The first-order valence-corrected chi connectivity index (χ1v) is 9.03. The van der Waals surface area contributed by atoms with Crippen molar-refractivity contribution in [1.29, 1.82) is 0 Å². The third-order valence-electron chi connectivity index (χ3n) is 4.25. The Hall–Kier alpha value is -3.22. The van der Waals surface area contributed by atoms with Gasteiger partial charge in [0.15, 0.2) is 0 Å². The molecule has 0 amide bonds. The van der Waals surface area contributed by atoms with E-state index in [0.717, 1.165) is 18.1 Å². The first kappa shape index (κ1) is 21.1. The summed E-state index contributed by atoms with van der Waals surface area (Å²) in [6.45, 7) is 3.85. The van der Waals surface area contributed by atoms with Gasteiger partial charge in [0, 0.05) is 12.1 Å². The van der Waals surface area contributed by atoms with Crippen LogP contribution in [0.5, 0.6) is 23.0 Å². The molecule has 0 aliphatic carbocycles. The summed E-state index contributed by atoms with van der Waals surface area (Å²) in [5.41, 5.74) is 0.871. The molecular formula is C21H24O7. The van der Waals surface area contributed by atoms with E-state index in [1.54, 1.807) is 0 Å². The molecule has 28 heavy (non-hydrogen) atoms. The second-order valence-electron chi connectivity index (χ2n) is 6.35. The maximum absolute atomic E-state index is 12.6. The SMILES string of the molecule is CCCc1cc(C(=O)Oc2cc(O)c(C(=O)O)c(CCC)c2)c(O)cc1OC. The number of rotatable bonds is 8. The van der Waals surface area contributed by atoms with Crippen LogP contribution in [0, 0.1) is 0 Å². The van der Waals surface area contributed by atoms with E-state index in [0.29, 0.717) is 30.6 Å². The number of carboxylic acids is 1. The molecule has 0 radical (unpaired) electrons. The van der Waals surface area contributed by atoms with Crippen molar-refractivity contribution in [2.75, 3.05) is 7.11 Å². The number of hydrogen-bond donors (Lipinski definition) is 3. The molecule has 7 heteroatoms. The number of methoxy groups -OCH3 is 1. The Kier molecular flexibility index (Phi) is 6.87. The number of carbonyl (C=O) groups is 2. The van der Waals surface area contributed by atoms with Crippen molar-refractivity contribution in [3.63, 3.8) is 0 Å². The highest BCUT2D eigenvalue weighted by Crippen LogP contribution is 2.32. The number of hydrogen-bond acceptors (Lipinski definition) is 6. The first-order chi connectivity index (χ1) is 13.3. The van der Waals surface area contributed by atoms with E-state index >= 15 is 0 Å². The summed E-state index contributed by atoms with van der Waals surface area (Å²) in [6.07, 6.45) is 2.52. The van der Waals surface area contributed by atoms with Gasteiger partial charge in [-0.2, -0.15) is 0 Å². The molecule has 0 saturated carbocycles. The van der Waals surface area contributed by atoms with Gasteiger partial charge in [-0.05, 0) is 36.1 Å². The summed E-state index contributed by atoms with van der Waals surface area (Å²) in [5, 5.41) is 29.5. The molecule has 0 unspecified atom stereocenters. The Morgan fingerprint density at radius 3 is 2.14 bits per heavy atom. The second-order valence-corrected chi connectivity index (χ2v) is 6.35. The molecule has 2 aromatic carbocycles. The monoisotopic (exact) mass is 388 g/mol. The summed E-state index contributed by atoms with van der Waals surface area (Å²) in [7, 11) is 1.48. The Labute approximate surface area is 163 Å². The summed E-state index contributed by atoms with van der Waals surface area (Å²) >= 11 is 0. The lowest BCUT2D eigenvalue weighted by atomic mass is 10.0. The predicted molar refractivity (Wildman–Crippen MR) is 103 cm³/mol. The lowest BCUT2D eigenvalue weighted by Crippen LogP contribution is -2.11. The van der Waals surface area contributed by atoms with Crippen molar-refractivity contribution in [1.82, 2.24) is 0 Å². The Morgan fingerprint density at radius 1 is 0.929 bits per heavy atom. The fraction of sp³-hybridized carbons (Fsp3) is 0.333. The minimum Gasteiger partial charge on any atom is -0.507 e. The van der Waals surface area contributed by atoms with Crippen LogP contribution in [0.1, 0.15) is 58.5 Å². The van der Waals surface area contributed by atoms with Crippen LogP contribution in [0.4, 0.5) is 0 Å². The smallest absolute Gasteiger partial charge is 0.347 e. The molecule has 2 aromatic rings. The predicted octanol–water partition coefficient (Wildman–Crippen LogP) is 3.93. The lowest BCUT2D eigenvalue weighted by molar-refractivity contribution is 0.0692. The molecule has 3 N–H and O–H groups in total. The van der Waals surface area contributed by atoms with Crippen LogP contribution in [-0.4, -0.2) is 34.4 Å². The summed E-state index contributed by atoms with van der Waals surface area (Å²) in [6, 6.07) is 5.36. The number of benzene rings is 2. The van der Waals surface area contributed by atoms with Crippen LogP contribution < -0.4 is 9.47 Å². The molecule has 0 heterocycles. The Morgan fingerprint density at radius 2 is 1.57 bits per heavy atom. The van der Waals surface area contributed by atoms with Gasteiger partial charge >= 0.3 is 11.9 Å². The molecule has 0 aliphatic heterocycles. The van der Waals surface area contributed by atoms with Gasteiger partial charge in [-0.25, -0.2) is 9.59 Å². The molecule has 0 atom stereocenters. The van der Waals surface area contributed by atoms with Crippen molar-refractivity contribution in [3.05, 3.63) is 46.5 Å². The molecule has 2 rings (SSSR count). The standard InChI is InChI=1S/C21H24O7/c1-4-6-12-9-15(16(22)11-18(12)27-3)21(26)28-14-8-13(7-5-2)19(20(24)25)17(23)10-14/h8-11,22-23H,4-7H2,1-3H3,(H,24,25). The highest BCUT2D eigenvalue weighted by molar-refractivity contribution is 5.95. The topological polar surface area (TPSA) is 113 Å². The zero-order chi connectivity index (χ0) is 20.8. The molecule has 0 saturated heterocycles. The van der Waals surface area contributed by atoms with Gasteiger partial charge in [0.25, 0.3) is 0 Å². The van der Waals surface area contributed by atoms with E-state index in [1.165, 1.54) is 25.3 Å². The van der Waals surface area contributed by atoms with Gasteiger partial charge in [0.1, 0.15) is 34.1 Å². The number of carbonyl (C=O) groups excluding carboxylic acids is 1. The van der Waals surface area contributed by atoms with E-state index in [2.05, 4.69) is 0 Å². The van der Waals surface area contributed by atoms with Crippen LogP contribution >= 0.6 is 0 Å². The fourth-order valence-electron chi connectivity index (χ4n) is 3.02. The van der Waals surface area contributed by atoms with Crippen molar-refractivity contribution in [2.24, 2.45) is 0 Å². The number of aromatic carboxylic acids is 1. The summed E-state index contributed by atoms with van der Waals surface area (Å²) in [4.78, 5) is 23.9. The van der Waals surface area contributed by atoms with E-state index in [4.69, 9.17) is 9.47 Å². The minimum absolute atomic E-state index is 0.00297. The Bertz CT molecular complexity index is 887. The van der Waals surface area contributed by atoms with Crippen LogP contribution in [0.25, 0.3) is 0 Å². The second kappa shape index (κ2) is 9.12. The van der Waals surface area contributed by atoms with E-state index in [-0.39, 0.29) is 22.6 Å². The first-order valence-electron chi connectivity index (χ1n) is 9.03. The van der Waals surface area contributed by atoms with Gasteiger partial charge < -0.3 is 24.8 Å². The lowest BCUT2D eigenvalue weighted by Gasteiger charge is -2.13. The van der Waals surface area contributed by atoms with Crippen molar-refractivity contribution < 1.29 is 34.4 Å². The molecule has 0 aromatic heterocycles. The number of carboxylic acid groups (broad SMARTS) is 1. The molecular weight excluding hydrogens is 364 g/mol. The average molecular weight is 388 g/mol. The van der Waals surface area contributed by atoms with Gasteiger partial charge in [0.2, 0.25) is 0 Å². The van der Waals surface area contributed by atoms with Crippen molar-refractivity contribution in [2.45, 2.75) is 39.5 Å². The number of esters is 1. The third-order valence-corrected chi connectivity index (χ3v) is 4.25. The minimum atomic E-state index is -1.25. The van der Waals surface area contributed by atoms with Crippen LogP contribution in [0.3, 0.4) is 0 Å².